The number of rotatable bonds is 4. The first-order valence-corrected chi connectivity index (χ1v) is 7.55. The minimum atomic E-state index is -4.11. The molecule has 0 saturated heterocycles. The number of carbonyl (C=O) groups is 1. The Balaban J connectivity index is 2.45. The third kappa shape index (κ3) is 2.44. The van der Waals surface area contributed by atoms with E-state index in [0.29, 0.717) is 0 Å². The van der Waals surface area contributed by atoms with Gasteiger partial charge in [-0.25, -0.2) is 19.5 Å². The molecule has 2 N–H and O–H groups in total. The van der Waals surface area contributed by atoms with Crippen LogP contribution in [0.4, 0.5) is 0 Å². The predicted octanol–water partition coefficient (Wildman–Crippen LogP) is -0.340. The van der Waals surface area contributed by atoms with Crippen molar-refractivity contribution >= 4 is 27.3 Å². The van der Waals surface area contributed by atoms with Gasteiger partial charge in [-0.05, 0) is 18.4 Å². The zero-order valence-corrected chi connectivity index (χ0v) is 12.0. The maximum Gasteiger partial charge on any atom is 0.363 e. The first-order valence-electron chi connectivity index (χ1n) is 5.19. The number of ether oxygens (including phenoxy) is 1. The van der Waals surface area contributed by atoms with E-state index in [0.717, 1.165) is 23.1 Å². The summed E-state index contributed by atoms with van der Waals surface area (Å²) in [4.78, 5) is 24.6. The fourth-order valence-electron chi connectivity index (χ4n) is 1.40. The van der Waals surface area contributed by atoms with E-state index < -0.39 is 21.7 Å². The van der Waals surface area contributed by atoms with Gasteiger partial charge in [0, 0.05) is 0 Å². The predicted molar refractivity (Wildman–Crippen MR) is 69.8 cm³/mol. The number of thiophene rings is 1. The Labute approximate surface area is 117 Å². The van der Waals surface area contributed by atoms with Crippen LogP contribution < -0.4 is 10.5 Å². The smallest absolute Gasteiger partial charge is 0.363 e. The van der Waals surface area contributed by atoms with Crippen molar-refractivity contribution in [1.82, 2.24) is 14.9 Å². The van der Waals surface area contributed by atoms with Gasteiger partial charge in [-0.2, -0.15) is 18.2 Å². The Hall–Kier alpha value is -2.14. The molecule has 0 aliphatic heterocycles. The van der Waals surface area contributed by atoms with Crippen LogP contribution >= 0.6 is 11.3 Å². The fourth-order valence-corrected chi connectivity index (χ4v) is 3.80. The molecule has 0 atom stereocenters. The third-order valence-corrected chi connectivity index (χ3v) is 4.71. The molecule has 2 aromatic rings. The fraction of sp³-hybridized carbons (Fsp3) is 0.222. The zero-order chi connectivity index (χ0) is 14.9. The minimum absolute atomic E-state index is 0.0748. The number of nitrogens with one attached hydrogen (secondary N) is 2. The van der Waals surface area contributed by atoms with E-state index in [4.69, 9.17) is 0 Å². The second kappa shape index (κ2) is 5.09. The number of H-pyrrole nitrogens is 1. The highest BCUT2D eigenvalue weighted by Gasteiger charge is 2.25. The van der Waals surface area contributed by atoms with Gasteiger partial charge in [0.05, 0.1) is 7.11 Å². The average molecular weight is 318 g/mol. The van der Waals surface area contributed by atoms with Gasteiger partial charge in [-0.15, -0.1) is 11.3 Å². The first kappa shape index (κ1) is 14.3. The molecule has 0 unspecified atom stereocenters. The quantitative estimate of drug-likeness (QED) is 0.743. The molecule has 0 bridgehead atoms. The van der Waals surface area contributed by atoms with Crippen LogP contribution in [0.3, 0.4) is 0 Å². The van der Waals surface area contributed by atoms with Crippen molar-refractivity contribution in [2.24, 2.45) is 0 Å². The van der Waals surface area contributed by atoms with Crippen LogP contribution in [0.25, 0.3) is 0 Å². The Morgan fingerprint density at radius 2 is 2.25 bits per heavy atom. The third-order valence-electron chi connectivity index (χ3n) is 2.34. The van der Waals surface area contributed by atoms with Gasteiger partial charge in [-0.3, -0.25) is 0 Å². The van der Waals surface area contributed by atoms with Gasteiger partial charge in [0.1, 0.15) is 9.77 Å². The van der Waals surface area contributed by atoms with Crippen molar-refractivity contribution in [3.63, 3.8) is 0 Å². The first-order chi connectivity index (χ1) is 9.36. The number of methoxy groups -OCH3 is 1. The van der Waals surface area contributed by atoms with Crippen LogP contribution in [0, 0.1) is 6.92 Å². The Bertz CT molecular complexity index is 800. The Kier molecular flexibility index (Phi) is 3.63. The molecule has 20 heavy (non-hydrogen) atoms. The molecule has 2 aromatic heterocycles. The van der Waals surface area contributed by atoms with Gasteiger partial charge in [0.2, 0.25) is 0 Å². The molecule has 0 radical (unpaired) electrons. The van der Waals surface area contributed by atoms with Crippen LogP contribution in [-0.2, 0) is 14.8 Å². The molecule has 108 valence electrons. The second-order valence-electron chi connectivity index (χ2n) is 3.61. The van der Waals surface area contributed by atoms with Gasteiger partial charge in [-0.1, -0.05) is 0 Å². The summed E-state index contributed by atoms with van der Waals surface area (Å²) in [5.74, 6) is -0.634. The summed E-state index contributed by atoms with van der Waals surface area (Å²) >= 11 is 0.926. The number of aryl methyl sites for hydroxylation is 1. The topological polar surface area (TPSA) is 123 Å². The lowest BCUT2D eigenvalue weighted by molar-refractivity contribution is 0.0602. The van der Waals surface area contributed by atoms with Crippen LogP contribution in [0.15, 0.2) is 21.1 Å². The Morgan fingerprint density at radius 1 is 1.55 bits per heavy atom. The lowest BCUT2D eigenvalue weighted by atomic mass is 10.5. The average Bonchev–Trinajstić information content (AvgIpc) is 3.00. The number of sulfonamides is 1. The molecule has 9 nitrogen and oxygen atoms in total. The number of hydrogen-bond acceptors (Lipinski definition) is 7. The molecule has 2 rings (SSSR count). The number of carbonyl (C=O) groups excluding carboxylic acids is 1. The van der Waals surface area contributed by atoms with Gasteiger partial charge in [0.25, 0.3) is 10.0 Å². The molecular formula is C9H10N4O5S2. The molecule has 0 fully saturated rings. The SMILES string of the molecule is COC(=O)c1sccc1S(=O)(=O)Nn1c(C)n[nH]c1=O. The summed E-state index contributed by atoms with van der Waals surface area (Å²) < 4.78 is 29.6. The van der Waals surface area contributed by atoms with E-state index in [1.54, 1.807) is 0 Å². The highest BCUT2D eigenvalue weighted by atomic mass is 32.2. The molecule has 0 aliphatic rings. The minimum Gasteiger partial charge on any atom is -0.465 e. The van der Waals surface area contributed by atoms with Crippen LogP contribution in [0.2, 0.25) is 0 Å². The normalized spacial score (nSPS) is 11.3. The molecule has 0 spiro atoms. The van der Waals surface area contributed by atoms with Crippen molar-refractivity contribution in [2.45, 2.75) is 11.8 Å². The van der Waals surface area contributed by atoms with E-state index in [2.05, 4.69) is 14.9 Å². The zero-order valence-electron chi connectivity index (χ0n) is 10.4. The summed E-state index contributed by atoms with van der Waals surface area (Å²) in [5.41, 5.74) is -0.735. The van der Waals surface area contributed by atoms with Gasteiger partial charge < -0.3 is 4.74 Å². The van der Waals surface area contributed by atoms with Crippen molar-refractivity contribution in [1.29, 1.82) is 0 Å². The van der Waals surface area contributed by atoms with E-state index >= 15 is 0 Å². The largest absolute Gasteiger partial charge is 0.465 e. The number of nitrogens with zero attached hydrogens (tertiary/aromatic N) is 2. The van der Waals surface area contributed by atoms with Gasteiger partial charge in [0.15, 0.2) is 5.82 Å². The monoisotopic (exact) mass is 318 g/mol. The Morgan fingerprint density at radius 3 is 2.80 bits per heavy atom. The molecule has 0 amide bonds. The number of esters is 1. The van der Waals surface area contributed by atoms with E-state index in [1.807, 2.05) is 4.83 Å². The summed E-state index contributed by atoms with van der Waals surface area (Å²) in [6.07, 6.45) is 0. The van der Waals surface area contributed by atoms with Crippen LogP contribution in [0.5, 0.6) is 0 Å². The summed E-state index contributed by atoms with van der Waals surface area (Å²) in [6, 6.07) is 1.25. The molecule has 11 heteroatoms. The summed E-state index contributed by atoms with van der Waals surface area (Å²) in [7, 11) is -2.96. The van der Waals surface area contributed by atoms with Crippen molar-refractivity contribution < 1.29 is 17.9 Å². The molecule has 0 saturated carbocycles. The number of aromatic amines is 1. The highest BCUT2D eigenvalue weighted by molar-refractivity contribution is 7.92. The lowest BCUT2D eigenvalue weighted by Gasteiger charge is -2.08. The maximum atomic E-state index is 12.2. The lowest BCUT2D eigenvalue weighted by Crippen LogP contribution is -2.32. The molecular weight excluding hydrogens is 308 g/mol. The second-order valence-corrected chi connectivity index (χ2v) is 6.16. The van der Waals surface area contributed by atoms with Crippen LogP contribution in [-0.4, -0.2) is 36.4 Å². The van der Waals surface area contributed by atoms with E-state index in [1.165, 1.54) is 18.4 Å². The molecule has 2 heterocycles. The maximum absolute atomic E-state index is 12.2. The van der Waals surface area contributed by atoms with E-state index in [-0.39, 0.29) is 15.6 Å². The summed E-state index contributed by atoms with van der Waals surface area (Å²) in [5, 5.41) is 7.10. The van der Waals surface area contributed by atoms with E-state index in [9.17, 15) is 18.0 Å². The standard InChI is InChI=1S/C9H10N4O5S2/c1-5-10-11-9(15)13(5)12-20(16,17)6-3-4-19-7(6)8(14)18-2/h3-4,12H,1-2H3,(H,11,15). The van der Waals surface area contributed by atoms with Crippen molar-refractivity contribution in [3.05, 3.63) is 32.6 Å². The number of hydrogen-bond donors (Lipinski definition) is 2. The van der Waals surface area contributed by atoms with Crippen molar-refractivity contribution in [3.8, 4) is 0 Å². The molecule has 0 aliphatic carbocycles. The van der Waals surface area contributed by atoms with Gasteiger partial charge >= 0.3 is 11.7 Å². The molecule has 0 aromatic carbocycles. The summed E-state index contributed by atoms with van der Waals surface area (Å²) in [6.45, 7) is 1.44. The number of aromatic nitrogens is 3. The highest BCUT2D eigenvalue weighted by Crippen LogP contribution is 2.22. The van der Waals surface area contributed by atoms with Crippen LogP contribution in [0.1, 0.15) is 15.5 Å². The van der Waals surface area contributed by atoms with Crippen molar-refractivity contribution in [2.75, 3.05) is 11.9 Å².